The molecule has 198 valence electrons. The van der Waals surface area contributed by atoms with E-state index in [-0.39, 0.29) is 34.7 Å². The summed E-state index contributed by atoms with van der Waals surface area (Å²) in [5, 5.41) is 0. The third-order valence-electron chi connectivity index (χ3n) is 7.43. The van der Waals surface area contributed by atoms with Crippen LogP contribution in [0.4, 0.5) is 13.2 Å². The fraction of sp³-hybridized carbons (Fsp3) is 0.438. The Morgan fingerprint density at radius 1 is 0.757 bits per heavy atom. The van der Waals surface area contributed by atoms with Crippen LogP contribution >= 0.6 is 0 Å². The van der Waals surface area contributed by atoms with Gasteiger partial charge in [0.25, 0.3) is 0 Å². The standard InChI is InChI=1S/C32H37F3O2/c1-3-5-6-7-22-8-14-25(15-9-22)27-17-19-30(32(35)31(27)34)37-21-23-10-12-24(13-11-23)26-16-18-29(36-4-2)28(33)20-26/h8-9,14-20,23-24H,3-7,10-13,21H2,1-2H3. The highest BCUT2D eigenvalue weighted by molar-refractivity contribution is 5.65. The molecule has 0 saturated heterocycles. The zero-order chi connectivity index (χ0) is 26.2. The molecule has 0 amide bonds. The highest BCUT2D eigenvalue weighted by Crippen LogP contribution is 2.38. The molecule has 2 nitrogen and oxygen atoms in total. The summed E-state index contributed by atoms with van der Waals surface area (Å²) in [6.45, 7) is 4.78. The fourth-order valence-electron chi connectivity index (χ4n) is 5.21. The van der Waals surface area contributed by atoms with Gasteiger partial charge in [0.15, 0.2) is 23.1 Å². The predicted molar refractivity (Wildman–Crippen MR) is 143 cm³/mol. The van der Waals surface area contributed by atoms with E-state index in [0.717, 1.165) is 44.1 Å². The lowest BCUT2D eigenvalue weighted by atomic mass is 9.79. The second kappa shape index (κ2) is 13.0. The van der Waals surface area contributed by atoms with Crippen LogP contribution in [0, 0.1) is 23.4 Å². The van der Waals surface area contributed by atoms with Gasteiger partial charge in [0.1, 0.15) is 0 Å². The summed E-state index contributed by atoms with van der Waals surface area (Å²) in [5.41, 5.74) is 3.10. The summed E-state index contributed by atoms with van der Waals surface area (Å²) in [7, 11) is 0. The van der Waals surface area contributed by atoms with Crippen LogP contribution in [0.15, 0.2) is 54.6 Å². The molecule has 3 aromatic rings. The Balaban J connectivity index is 1.31. The number of rotatable bonds is 11. The zero-order valence-corrected chi connectivity index (χ0v) is 21.9. The van der Waals surface area contributed by atoms with E-state index in [4.69, 9.17) is 9.47 Å². The Labute approximate surface area is 218 Å². The van der Waals surface area contributed by atoms with Crippen LogP contribution in [0.25, 0.3) is 11.1 Å². The van der Waals surface area contributed by atoms with Crippen LogP contribution in [0.3, 0.4) is 0 Å². The first-order valence-electron chi connectivity index (χ1n) is 13.6. The molecule has 1 aliphatic rings. The Morgan fingerprint density at radius 3 is 2.16 bits per heavy atom. The summed E-state index contributed by atoms with van der Waals surface area (Å²) >= 11 is 0. The first kappa shape index (κ1) is 27.1. The van der Waals surface area contributed by atoms with Crippen LogP contribution in [0.1, 0.15) is 75.8 Å². The van der Waals surface area contributed by atoms with Gasteiger partial charge in [-0.05, 0) is 98.2 Å². The van der Waals surface area contributed by atoms with Crippen LogP contribution in [-0.4, -0.2) is 13.2 Å². The van der Waals surface area contributed by atoms with Crippen molar-refractivity contribution in [2.75, 3.05) is 13.2 Å². The van der Waals surface area contributed by atoms with Gasteiger partial charge in [-0.15, -0.1) is 0 Å². The first-order chi connectivity index (χ1) is 18.0. The molecule has 0 spiro atoms. The molecule has 1 aliphatic carbocycles. The number of aryl methyl sites for hydroxylation is 1. The number of hydrogen-bond donors (Lipinski definition) is 0. The maximum Gasteiger partial charge on any atom is 0.201 e. The molecule has 0 N–H and O–H groups in total. The van der Waals surface area contributed by atoms with E-state index in [1.54, 1.807) is 18.2 Å². The van der Waals surface area contributed by atoms with Gasteiger partial charge in [0.05, 0.1) is 13.2 Å². The molecule has 0 aromatic heterocycles. The molecule has 1 fully saturated rings. The smallest absolute Gasteiger partial charge is 0.201 e. The van der Waals surface area contributed by atoms with E-state index in [9.17, 15) is 13.2 Å². The van der Waals surface area contributed by atoms with Gasteiger partial charge in [0, 0.05) is 5.56 Å². The molecular weight excluding hydrogens is 473 g/mol. The van der Waals surface area contributed by atoms with Gasteiger partial charge in [-0.2, -0.15) is 4.39 Å². The second-order valence-corrected chi connectivity index (χ2v) is 10.0. The Morgan fingerprint density at radius 2 is 1.49 bits per heavy atom. The second-order valence-electron chi connectivity index (χ2n) is 10.0. The summed E-state index contributed by atoms with van der Waals surface area (Å²) in [5.74, 6) is -1.37. The highest BCUT2D eigenvalue weighted by atomic mass is 19.2. The van der Waals surface area contributed by atoms with Crippen molar-refractivity contribution >= 4 is 0 Å². The third-order valence-corrected chi connectivity index (χ3v) is 7.43. The predicted octanol–water partition coefficient (Wildman–Crippen LogP) is 9.26. The van der Waals surface area contributed by atoms with Crippen molar-refractivity contribution in [3.63, 3.8) is 0 Å². The van der Waals surface area contributed by atoms with E-state index in [0.29, 0.717) is 18.8 Å². The van der Waals surface area contributed by atoms with Crippen LogP contribution in [0.5, 0.6) is 11.5 Å². The van der Waals surface area contributed by atoms with Crippen molar-refractivity contribution in [1.29, 1.82) is 0 Å². The van der Waals surface area contributed by atoms with Crippen molar-refractivity contribution in [2.24, 2.45) is 5.92 Å². The lowest BCUT2D eigenvalue weighted by Crippen LogP contribution is -2.19. The maximum atomic E-state index is 14.9. The SMILES string of the molecule is CCCCCc1ccc(-c2ccc(OCC3CCC(c4ccc(OCC)c(F)c4)CC3)c(F)c2F)cc1. The minimum atomic E-state index is -0.942. The highest BCUT2D eigenvalue weighted by Gasteiger charge is 2.24. The van der Waals surface area contributed by atoms with Gasteiger partial charge in [-0.25, -0.2) is 8.78 Å². The van der Waals surface area contributed by atoms with Crippen molar-refractivity contribution in [3.8, 4) is 22.6 Å². The topological polar surface area (TPSA) is 18.5 Å². The number of benzene rings is 3. The molecule has 3 aromatic carbocycles. The molecule has 5 heteroatoms. The molecule has 4 rings (SSSR count). The first-order valence-corrected chi connectivity index (χ1v) is 13.6. The van der Waals surface area contributed by atoms with Gasteiger partial charge >= 0.3 is 0 Å². The van der Waals surface area contributed by atoms with Crippen molar-refractivity contribution < 1.29 is 22.6 Å². The lowest BCUT2D eigenvalue weighted by molar-refractivity contribution is 0.192. The monoisotopic (exact) mass is 510 g/mol. The summed E-state index contributed by atoms with van der Waals surface area (Å²) in [4.78, 5) is 0. The Bertz CT molecular complexity index is 1150. The molecule has 0 atom stereocenters. The van der Waals surface area contributed by atoms with E-state index in [1.165, 1.54) is 24.5 Å². The fourth-order valence-corrected chi connectivity index (χ4v) is 5.21. The molecular formula is C32H37F3O2. The van der Waals surface area contributed by atoms with Gasteiger partial charge < -0.3 is 9.47 Å². The Kier molecular flexibility index (Phi) is 9.54. The van der Waals surface area contributed by atoms with Crippen molar-refractivity contribution in [3.05, 3.63) is 83.2 Å². The van der Waals surface area contributed by atoms with E-state index in [2.05, 4.69) is 6.92 Å². The molecule has 0 aliphatic heterocycles. The molecule has 0 bridgehead atoms. The summed E-state index contributed by atoms with van der Waals surface area (Å²) < 4.78 is 55.0. The number of ether oxygens (including phenoxy) is 2. The quantitative estimate of drug-likeness (QED) is 0.239. The minimum absolute atomic E-state index is 0.0480. The van der Waals surface area contributed by atoms with E-state index < -0.39 is 11.6 Å². The molecule has 37 heavy (non-hydrogen) atoms. The molecule has 0 radical (unpaired) electrons. The average molecular weight is 511 g/mol. The molecule has 0 heterocycles. The maximum absolute atomic E-state index is 14.9. The largest absolute Gasteiger partial charge is 0.491 e. The normalized spacial score (nSPS) is 17.5. The van der Waals surface area contributed by atoms with Crippen LogP contribution in [0.2, 0.25) is 0 Å². The van der Waals surface area contributed by atoms with Gasteiger partial charge in [0.2, 0.25) is 5.82 Å². The number of hydrogen-bond acceptors (Lipinski definition) is 2. The average Bonchev–Trinajstić information content (AvgIpc) is 2.92. The van der Waals surface area contributed by atoms with Crippen molar-refractivity contribution in [1.82, 2.24) is 0 Å². The summed E-state index contributed by atoms with van der Waals surface area (Å²) in [6, 6.07) is 16.0. The molecule has 0 unspecified atom stereocenters. The Hall–Kier alpha value is -2.95. The van der Waals surface area contributed by atoms with Crippen LogP contribution in [-0.2, 0) is 6.42 Å². The third kappa shape index (κ3) is 6.88. The molecule has 1 saturated carbocycles. The minimum Gasteiger partial charge on any atom is -0.491 e. The number of halogens is 3. The zero-order valence-electron chi connectivity index (χ0n) is 21.9. The van der Waals surface area contributed by atoms with Crippen LogP contribution < -0.4 is 9.47 Å². The van der Waals surface area contributed by atoms with Crippen molar-refractivity contribution in [2.45, 2.75) is 71.1 Å². The summed E-state index contributed by atoms with van der Waals surface area (Å²) in [6.07, 6.45) is 8.09. The van der Waals surface area contributed by atoms with Gasteiger partial charge in [-0.3, -0.25) is 0 Å². The van der Waals surface area contributed by atoms with E-state index >= 15 is 0 Å². The number of unbranched alkanes of at least 4 members (excludes halogenated alkanes) is 2. The van der Waals surface area contributed by atoms with Gasteiger partial charge in [-0.1, -0.05) is 50.1 Å². The lowest BCUT2D eigenvalue weighted by Gasteiger charge is -2.29. The van der Waals surface area contributed by atoms with E-state index in [1.807, 2.05) is 37.3 Å².